The molecule has 4 nitrogen and oxygen atoms in total. The SMILES string of the molecule is O=S(=O)(Nc1ccc2[nH]ccc2c1)c1ccc(F)cc1. The molecule has 0 bridgehead atoms. The fraction of sp³-hybridized carbons (Fsp3) is 0. The van der Waals surface area contributed by atoms with E-state index in [1.165, 1.54) is 12.1 Å². The Morgan fingerprint density at radius 3 is 2.50 bits per heavy atom. The Kier molecular flexibility index (Phi) is 2.94. The third kappa shape index (κ3) is 2.37. The van der Waals surface area contributed by atoms with Crippen molar-refractivity contribution >= 4 is 26.6 Å². The van der Waals surface area contributed by atoms with Crippen LogP contribution in [0.4, 0.5) is 10.1 Å². The third-order valence-corrected chi connectivity index (χ3v) is 4.33. The number of aromatic amines is 1. The third-order valence-electron chi connectivity index (χ3n) is 2.93. The number of sulfonamides is 1. The lowest BCUT2D eigenvalue weighted by atomic mass is 10.2. The maximum Gasteiger partial charge on any atom is 0.261 e. The molecule has 0 amide bonds. The monoisotopic (exact) mass is 290 g/mol. The second-order valence-corrected chi connectivity index (χ2v) is 6.02. The van der Waals surface area contributed by atoms with Crippen LogP contribution in [-0.4, -0.2) is 13.4 Å². The van der Waals surface area contributed by atoms with Gasteiger partial charge in [-0.1, -0.05) is 0 Å². The van der Waals surface area contributed by atoms with Gasteiger partial charge in [-0.05, 0) is 48.5 Å². The molecule has 1 heterocycles. The zero-order valence-corrected chi connectivity index (χ0v) is 11.1. The van der Waals surface area contributed by atoms with Crippen molar-refractivity contribution < 1.29 is 12.8 Å². The van der Waals surface area contributed by atoms with Crippen molar-refractivity contribution in [3.05, 3.63) is 60.5 Å². The molecule has 102 valence electrons. The van der Waals surface area contributed by atoms with Crippen molar-refractivity contribution in [2.45, 2.75) is 4.90 Å². The molecule has 0 aliphatic rings. The zero-order valence-electron chi connectivity index (χ0n) is 10.3. The van der Waals surface area contributed by atoms with Gasteiger partial charge in [0.25, 0.3) is 10.0 Å². The molecular formula is C14H11FN2O2S. The van der Waals surface area contributed by atoms with Crippen LogP contribution in [0.15, 0.2) is 59.6 Å². The van der Waals surface area contributed by atoms with Crippen molar-refractivity contribution in [1.82, 2.24) is 4.98 Å². The quantitative estimate of drug-likeness (QED) is 0.778. The van der Waals surface area contributed by atoms with E-state index in [2.05, 4.69) is 9.71 Å². The predicted molar refractivity (Wildman–Crippen MR) is 75.5 cm³/mol. The van der Waals surface area contributed by atoms with Crippen LogP contribution in [0.1, 0.15) is 0 Å². The lowest BCUT2D eigenvalue weighted by molar-refractivity contribution is 0.599. The van der Waals surface area contributed by atoms with Gasteiger partial charge in [-0.3, -0.25) is 4.72 Å². The van der Waals surface area contributed by atoms with Crippen LogP contribution in [-0.2, 0) is 10.0 Å². The zero-order chi connectivity index (χ0) is 14.2. The van der Waals surface area contributed by atoms with Gasteiger partial charge in [0.05, 0.1) is 4.90 Å². The molecule has 20 heavy (non-hydrogen) atoms. The molecule has 2 aromatic carbocycles. The smallest absolute Gasteiger partial charge is 0.261 e. The minimum absolute atomic E-state index is 0.0214. The highest BCUT2D eigenvalue weighted by molar-refractivity contribution is 7.92. The molecule has 0 atom stereocenters. The van der Waals surface area contributed by atoms with E-state index in [4.69, 9.17) is 0 Å². The van der Waals surface area contributed by atoms with Gasteiger partial charge in [0, 0.05) is 22.8 Å². The largest absolute Gasteiger partial charge is 0.361 e. The molecular weight excluding hydrogens is 279 g/mol. The first-order valence-electron chi connectivity index (χ1n) is 5.90. The molecule has 0 unspecified atom stereocenters. The number of nitrogens with one attached hydrogen (secondary N) is 2. The Balaban J connectivity index is 1.94. The van der Waals surface area contributed by atoms with Gasteiger partial charge < -0.3 is 4.98 Å². The number of halogens is 1. The Labute approximate surface area is 115 Å². The number of anilines is 1. The number of benzene rings is 2. The Bertz CT molecular complexity index is 854. The molecule has 0 spiro atoms. The number of hydrogen-bond acceptors (Lipinski definition) is 2. The van der Waals surface area contributed by atoms with E-state index in [9.17, 15) is 12.8 Å². The Hall–Kier alpha value is -2.34. The Morgan fingerprint density at radius 1 is 1.00 bits per heavy atom. The van der Waals surface area contributed by atoms with Crippen molar-refractivity contribution in [2.24, 2.45) is 0 Å². The van der Waals surface area contributed by atoms with Crippen LogP contribution in [0.25, 0.3) is 10.9 Å². The summed E-state index contributed by atoms with van der Waals surface area (Å²) in [6.45, 7) is 0. The van der Waals surface area contributed by atoms with Crippen molar-refractivity contribution in [3.63, 3.8) is 0 Å². The van der Waals surface area contributed by atoms with Gasteiger partial charge in [-0.15, -0.1) is 0 Å². The lowest BCUT2D eigenvalue weighted by Gasteiger charge is -2.08. The maximum absolute atomic E-state index is 12.8. The van der Waals surface area contributed by atoms with Crippen molar-refractivity contribution in [1.29, 1.82) is 0 Å². The number of hydrogen-bond donors (Lipinski definition) is 2. The summed E-state index contributed by atoms with van der Waals surface area (Å²) in [5.74, 6) is -0.474. The summed E-state index contributed by atoms with van der Waals surface area (Å²) in [4.78, 5) is 3.05. The van der Waals surface area contributed by atoms with E-state index >= 15 is 0 Å². The fourth-order valence-electron chi connectivity index (χ4n) is 1.94. The minimum atomic E-state index is -3.71. The van der Waals surface area contributed by atoms with Crippen LogP contribution in [0.5, 0.6) is 0 Å². The fourth-order valence-corrected chi connectivity index (χ4v) is 2.99. The van der Waals surface area contributed by atoms with E-state index in [1.807, 2.05) is 6.07 Å². The predicted octanol–water partition coefficient (Wildman–Crippen LogP) is 3.11. The summed E-state index contributed by atoms with van der Waals surface area (Å²) in [7, 11) is -3.71. The van der Waals surface area contributed by atoms with E-state index in [0.717, 1.165) is 23.0 Å². The minimum Gasteiger partial charge on any atom is -0.361 e. The molecule has 0 saturated heterocycles. The second kappa shape index (κ2) is 4.64. The van der Waals surface area contributed by atoms with Crippen LogP contribution in [0.2, 0.25) is 0 Å². The standard InChI is InChI=1S/C14H11FN2O2S/c15-11-1-4-13(5-2-11)20(18,19)17-12-3-6-14-10(9-12)7-8-16-14/h1-9,16-17H. The molecule has 3 rings (SSSR count). The van der Waals surface area contributed by atoms with E-state index < -0.39 is 15.8 Å². The number of fused-ring (bicyclic) bond motifs is 1. The lowest BCUT2D eigenvalue weighted by Crippen LogP contribution is -2.12. The highest BCUT2D eigenvalue weighted by Gasteiger charge is 2.14. The molecule has 0 radical (unpaired) electrons. The molecule has 2 N–H and O–H groups in total. The molecule has 0 saturated carbocycles. The van der Waals surface area contributed by atoms with Crippen LogP contribution < -0.4 is 4.72 Å². The average Bonchev–Trinajstić information content (AvgIpc) is 2.86. The summed E-state index contributed by atoms with van der Waals surface area (Å²) in [6.07, 6.45) is 1.78. The van der Waals surface area contributed by atoms with Gasteiger partial charge >= 0.3 is 0 Å². The second-order valence-electron chi connectivity index (χ2n) is 4.34. The summed E-state index contributed by atoms with van der Waals surface area (Å²) >= 11 is 0. The van der Waals surface area contributed by atoms with Gasteiger partial charge in [0.2, 0.25) is 0 Å². The van der Waals surface area contributed by atoms with E-state index in [-0.39, 0.29) is 4.90 Å². The maximum atomic E-state index is 12.8. The number of aromatic nitrogens is 1. The van der Waals surface area contributed by atoms with Crippen molar-refractivity contribution in [3.8, 4) is 0 Å². The summed E-state index contributed by atoms with van der Waals surface area (Å²) in [5, 5.41) is 0.907. The number of rotatable bonds is 3. The van der Waals surface area contributed by atoms with Crippen LogP contribution in [0.3, 0.4) is 0 Å². The summed E-state index contributed by atoms with van der Waals surface area (Å²) in [5.41, 5.74) is 1.39. The molecule has 6 heteroatoms. The molecule has 3 aromatic rings. The highest BCUT2D eigenvalue weighted by Crippen LogP contribution is 2.21. The molecule has 1 aromatic heterocycles. The first-order chi connectivity index (χ1) is 9.54. The van der Waals surface area contributed by atoms with Gasteiger partial charge in [0.1, 0.15) is 5.82 Å². The summed E-state index contributed by atoms with van der Waals surface area (Å²) < 4.78 is 39.6. The Morgan fingerprint density at radius 2 is 1.75 bits per heavy atom. The van der Waals surface area contributed by atoms with Gasteiger partial charge in [-0.25, -0.2) is 12.8 Å². The van der Waals surface area contributed by atoms with E-state index in [1.54, 1.807) is 24.4 Å². The van der Waals surface area contributed by atoms with Crippen molar-refractivity contribution in [2.75, 3.05) is 4.72 Å². The average molecular weight is 290 g/mol. The molecule has 0 aliphatic carbocycles. The molecule has 0 aliphatic heterocycles. The normalized spacial score (nSPS) is 11.7. The first-order valence-corrected chi connectivity index (χ1v) is 7.38. The van der Waals surface area contributed by atoms with Gasteiger partial charge in [-0.2, -0.15) is 0 Å². The first kappa shape index (κ1) is 12.7. The van der Waals surface area contributed by atoms with Crippen LogP contribution in [0, 0.1) is 5.82 Å². The topological polar surface area (TPSA) is 62.0 Å². The van der Waals surface area contributed by atoms with Crippen LogP contribution >= 0.6 is 0 Å². The summed E-state index contributed by atoms with van der Waals surface area (Å²) in [6, 6.07) is 11.7. The molecule has 0 fully saturated rings. The van der Waals surface area contributed by atoms with Gasteiger partial charge in [0.15, 0.2) is 0 Å². The number of H-pyrrole nitrogens is 1. The van der Waals surface area contributed by atoms with E-state index in [0.29, 0.717) is 5.69 Å². The highest BCUT2D eigenvalue weighted by atomic mass is 32.2.